The second-order valence-corrected chi connectivity index (χ2v) is 10.3. The van der Waals surface area contributed by atoms with Crippen molar-refractivity contribution in [1.82, 2.24) is 19.5 Å². The molecular weight excluding hydrogens is 568 g/mol. The van der Waals surface area contributed by atoms with Crippen LogP contribution in [0.3, 0.4) is 0 Å². The monoisotopic (exact) mass is 592 g/mol. The van der Waals surface area contributed by atoms with Crippen LogP contribution in [0.15, 0.2) is 54.7 Å². The number of rotatable bonds is 9. The van der Waals surface area contributed by atoms with Gasteiger partial charge in [0, 0.05) is 24.2 Å². The molecule has 220 valence electrons. The molecule has 1 atom stereocenters. The van der Waals surface area contributed by atoms with Crippen molar-refractivity contribution in [3.8, 4) is 17.3 Å². The quantitative estimate of drug-likeness (QED) is 0.209. The molecule has 12 heteroatoms. The standard InChI is InChI=1S/C31H24F4N4O4/c1-16-2-3-19(22(32)8-16)15-43-31-36-13-25(35)28(38-31)18-5-4-17(23(33)9-18)12-27-37-29-24(34)10-20(30(40)41)11-26(29)39(27)14-21-6-7-42-21/h2-5,8-11,13,21H,6-7,12,14-15H2,1H3,(H,40,41)/t21-/m0/s1. The highest BCUT2D eigenvalue weighted by Gasteiger charge is 2.25. The fourth-order valence-electron chi connectivity index (χ4n) is 4.87. The van der Waals surface area contributed by atoms with E-state index in [1.165, 1.54) is 24.3 Å². The molecule has 3 aromatic carbocycles. The summed E-state index contributed by atoms with van der Waals surface area (Å²) in [7, 11) is 0. The third kappa shape index (κ3) is 5.78. The Morgan fingerprint density at radius 1 is 1.00 bits per heavy atom. The number of hydrogen-bond acceptors (Lipinski definition) is 6. The maximum absolute atomic E-state index is 15.4. The predicted molar refractivity (Wildman–Crippen MR) is 147 cm³/mol. The fourth-order valence-corrected chi connectivity index (χ4v) is 4.87. The average Bonchev–Trinajstić information content (AvgIpc) is 3.29. The number of carboxylic acid groups (broad SMARTS) is 1. The van der Waals surface area contributed by atoms with Crippen molar-refractivity contribution < 1.29 is 36.9 Å². The molecule has 0 radical (unpaired) electrons. The minimum Gasteiger partial charge on any atom is -0.478 e. The number of aromatic carboxylic acids is 1. The molecule has 0 bridgehead atoms. The first-order valence-corrected chi connectivity index (χ1v) is 13.4. The molecule has 0 aliphatic carbocycles. The van der Waals surface area contributed by atoms with Gasteiger partial charge in [-0.05, 0) is 48.7 Å². The lowest BCUT2D eigenvalue weighted by Crippen LogP contribution is -2.31. The molecule has 2 aromatic heterocycles. The third-order valence-electron chi connectivity index (χ3n) is 7.28. The number of carboxylic acids is 1. The molecule has 1 N–H and O–H groups in total. The molecule has 1 fully saturated rings. The van der Waals surface area contributed by atoms with Crippen LogP contribution in [0.5, 0.6) is 6.01 Å². The van der Waals surface area contributed by atoms with E-state index in [1.807, 2.05) is 0 Å². The number of halogens is 4. The number of carbonyl (C=O) groups is 1. The van der Waals surface area contributed by atoms with Crippen LogP contribution in [0.2, 0.25) is 0 Å². The second kappa shape index (κ2) is 11.4. The molecule has 0 saturated carbocycles. The number of aromatic nitrogens is 4. The molecule has 8 nitrogen and oxygen atoms in total. The highest BCUT2D eigenvalue weighted by molar-refractivity contribution is 5.92. The Hall–Kier alpha value is -4.84. The van der Waals surface area contributed by atoms with E-state index in [0.717, 1.165) is 30.3 Å². The summed E-state index contributed by atoms with van der Waals surface area (Å²) in [6.07, 6.45) is 1.43. The smallest absolute Gasteiger partial charge is 0.335 e. The summed E-state index contributed by atoms with van der Waals surface area (Å²) in [5, 5.41) is 9.41. The van der Waals surface area contributed by atoms with E-state index in [2.05, 4.69) is 15.0 Å². The van der Waals surface area contributed by atoms with Crippen LogP contribution in [-0.4, -0.2) is 43.3 Å². The lowest BCUT2D eigenvalue weighted by atomic mass is 10.1. The van der Waals surface area contributed by atoms with Crippen LogP contribution in [0, 0.1) is 30.2 Å². The van der Waals surface area contributed by atoms with Gasteiger partial charge < -0.3 is 19.1 Å². The first-order chi connectivity index (χ1) is 20.7. The van der Waals surface area contributed by atoms with Crippen molar-refractivity contribution in [3.05, 3.63) is 106 Å². The van der Waals surface area contributed by atoms with Crippen molar-refractivity contribution in [2.75, 3.05) is 6.61 Å². The van der Waals surface area contributed by atoms with Gasteiger partial charge in [0.15, 0.2) is 11.6 Å². The van der Waals surface area contributed by atoms with E-state index >= 15 is 4.39 Å². The second-order valence-electron chi connectivity index (χ2n) is 10.3. The molecular formula is C31H24F4N4O4. The molecule has 43 heavy (non-hydrogen) atoms. The van der Waals surface area contributed by atoms with E-state index in [-0.39, 0.29) is 70.7 Å². The van der Waals surface area contributed by atoms with E-state index in [9.17, 15) is 23.1 Å². The number of benzene rings is 3. The van der Waals surface area contributed by atoms with Crippen molar-refractivity contribution in [2.45, 2.75) is 39.0 Å². The minimum atomic E-state index is -1.29. The van der Waals surface area contributed by atoms with E-state index in [0.29, 0.717) is 12.4 Å². The Morgan fingerprint density at radius 3 is 2.47 bits per heavy atom. The average molecular weight is 593 g/mol. The molecule has 0 amide bonds. The van der Waals surface area contributed by atoms with Crippen LogP contribution >= 0.6 is 0 Å². The van der Waals surface area contributed by atoms with Crippen LogP contribution < -0.4 is 4.74 Å². The summed E-state index contributed by atoms with van der Waals surface area (Å²) in [6.45, 7) is 2.43. The number of nitrogens with zero attached hydrogens (tertiary/aromatic N) is 4. The Bertz CT molecular complexity index is 1870. The minimum absolute atomic E-state index is 0.0301. The number of aryl methyl sites for hydroxylation is 1. The van der Waals surface area contributed by atoms with Gasteiger partial charge in [0.25, 0.3) is 0 Å². The SMILES string of the molecule is Cc1ccc(COc2ncc(F)c(-c3ccc(Cc4nc5c(F)cc(C(=O)O)cc5n4C[C@@H]4CCO4)c(F)c3)n2)c(F)c1. The third-order valence-corrected chi connectivity index (χ3v) is 7.28. The van der Waals surface area contributed by atoms with E-state index in [1.54, 1.807) is 23.6 Å². The van der Waals surface area contributed by atoms with E-state index in [4.69, 9.17) is 9.47 Å². The molecule has 0 spiro atoms. The van der Waals surface area contributed by atoms with Gasteiger partial charge in [-0.2, -0.15) is 4.98 Å². The molecule has 1 saturated heterocycles. The first-order valence-electron chi connectivity index (χ1n) is 13.4. The van der Waals surface area contributed by atoms with Gasteiger partial charge in [-0.15, -0.1) is 0 Å². The zero-order chi connectivity index (χ0) is 30.2. The lowest BCUT2D eigenvalue weighted by molar-refractivity contribution is -0.0589. The summed E-state index contributed by atoms with van der Waals surface area (Å²) >= 11 is 0. The Labute approximate surface area is 242 Å². The summed E-state index contributed by atoms with van der Waals surface area (Å²) in [4.78, 5) is 23.8. The highest BCUT2D eigenvalue weighted by Crippen LogP contribution is 2.29. The maximum Gasteiger partial charge on any atom is 0.335 e. The van der Waals surface area contributed by atoms with Gasteiger partial charge in [0.2, 0.25) is 0 Å². The molecule has 1 aliphatic rings. The van der Waals surface area contributed by atoms with Crippen molar-refractivity contribution >= 4 is 17.0 Å². The molecule has 1 aliphatic heterocycles. The molecule has 3 heterocycles. The summed E-state index contributed by atoms with van der Waals surface area (Å²) in [5.74, 6) is -3.74. The predicted octanol–water partition coefficient (Wildman–Crippen LogP) is 6.02. The largest absolute Gasteiger partial charge is 0.478 e. The van der Waals surface area contributed by atoms with Crippen molar-refractivity contribution in [1.29, 1.82) is 0 Å². The zero-order valence-corrected chi connectivity index (χ0v) is 22.8. The van der Waals surface area contributed by atoms with Gasteiger partial charge >= 0.3 is 12.0 Å². The number of ether oxygens (including phenoxy) is 2. The normalized spacial score (nSPS) is 14.6. The number of hydrogen-bond donors (Lipinski definition) is 1. The van der Waals surface area contributed by atoms with Gasteiger partial charge in [0.05, 0.1) is 29.9 Å². The molecule has 6 rings (SSSR count). The van der Waals surface area contributed by atoms with Crippen LogP contribution in [-0.2, 0) is 24.3 Å². The van der Waals surface area contributed by atoms with E-state index < -0.39 is 29.2 Å². The summed E-state index contributed by atoms with van der Waals surface area (Å²) < 4.78 is 71.8. The maximum atomic E-state index is 15.4. The Morgan fingerprint density at radius 2 is 1.77 bits per heavy atom. The van der Waals surface area contributed by atoms with Gasteiger partial charge in [-0.3, -0.25) is 0 Å². The lowest BCUT2D eigenvalue weighted by Gasteiger charge is -2.27. The van der Waals surface area contributed by atoms with Crippen molar-refractivity contribution in [2.24, 2.45) is 0 Å². The fraction of sp³-hybridized carbons (Fsp3) is 0.226. The number of fused-ring (bicyclic) bond motifs is 1. The van der Waals surface area contributed by atoms with Gasteiger partial charge in [0.1, 0.15) is 35.3 Å². The van der Waals surface area contributed by atoms with Crippen LogP contribution in [0.1, 0.15) is 39.3 Å². The van der Waals surface area contributed by atoms with Crippen LogP contribution in [0.25, 0.3) is 22.3 Å². The van der Waals surface area contributed by atoms with Crippen molar-refractivity contribution in [3.63, 3.8) is 0 Å². The van der Waals surface area contributed by atoms with Gasteiger partial charge in [-0.25, -0.2) is 32.3 Å². The zero-order valence-electron chi connectivity index (χ0n) is 22.8. The Balaban J connectivity index is 1.28. The topological polar surface area (TPSA) is 99.4 Å². The summed E-state index contributed by atoms with van der Waals surface area (Å²) in [6, 6.07) is 10.7. The highest BCUT2D eigenvalue weighted by atomic mass is 19.1. The van der Waals surface area contributed by atoms with Crippen LogP contribution in [0.4, 0.5) is 17.6 Å². The molecule has 0 unspecified atom stereocenters. The van der Waals surface area contributed by atoms with Gasteiger partial charge in [-0.1, -0.05) is 24.3 Å². The Kier molecular flexibility index (Phi) is 7.53. The first kappa shape index (κ1) is 28.3. The summed E-state index contributed by atoms with van der Waals surface area (Å²) in [5.41, 5.74) is 1.11. The molecule has 5 aromatic rings. The number of imidazole rings is 1.